The minimum Gasteiger partial charge on any atom is -0.388 e. The fourth-order valence-corrected chi connectivity index (χ4v) is 2.05. The molecule has 1 rings (SSSR count). The fourth-order valence-electron chi connectivity index (χ4n) is 2.05. The third-order valence-corrected chi connectivity index (χ3v) is 3.45. The minimum atomic E-state index is -0.138. The summed E-state index contributed by atoms with van der Waals surface area (Å²) in [5.74, 6) is -0.188. The summed E-state index contributed by atoms with van der Waals surface area (Å²) in [5, 5.41) is 8.67. The van der Waals surface area contributed by atoms with Crippen molar-refractivity contribution in [2.45, 2.75) is 25.8 Å². The quantitative estimate of drug-likeness (QED) is 0.446. The Balaban J connectivity index is 2.23. The topological polar surface area (TPSA) is 105 Å². The van der Waals surface area contributed by atoms with Gasteiger partial charge in [0.15, 0.2) is 0 Å². The molecule has 1 aromatic rings. The molecule has 1 aromatic carbocycles. The van der Waals surface area contributed by atoms with Gasteiger partial charge in [0.1, 0.15) is 0 Å². The molecule has 24 heavy (non-hydrogen) atoms. The number of carbonyl (C=O) groups is 2. The Kier molecular flexibility index (Phi) is 9.48. The van der Waals surface area contributed by atoms with Gasteiger partial charge in [-0.15, -0.1) is 0 Å². The van der Waals surface area contributed by atoms with Crippen molar-refractivity contribution in [1.82, 2.24) is 10.6 Å². The van der Waals surface area contributed by atoms with Gasteiger partial charge in [0.25, 0.3) is 5.91 Å². The number of rotatable bonds is 11. The van der Waals surface area contributed by atoms with E-state index in [1.807, 2.05) is 26.1 Å². The molecule has 0 aliphatic heterocycles. The van der Waals surface area contributed by atoms with Gasteiger partial charge in [-0.25, -0.2) is 0 Å². The second-order valence-electron chi connectivity index (χ2n) is 5.49. The average Bonchev–Trinajstić information content (AvgIpc) is 2.59. The Morgan fingerprint density at radius 1 is 1.21 bits per heavy atom. The van der Waals surface area contributed by atoms with Crippen LogP contribution in [0.5, 0.6) is 0 Å². The van der Waals surface area contributed by atoms with Gasteiger partial charge in [0.05, 0.1) is 13.2 Å². The molecule has 7 heteroatoms. The van der Waals surface area contributed by atoms with Gasteiger partial charge >= 0.3 is 0 Å². The van der Waals surface area contributed by atoms with E-state index in [1.54, 1.807) is 12.1 Å². The van der Waals surface area contributed by atoms with Crippen LogP contribution in [0.1, 0.15) is 30.1 Å². The summed E-state index contributed by atoms with van der Waals surface area (Å²) in [6, 6.07) is 7.14. The zero-order valence-electron chi connectivity index (χ0n) is 14.4. The van der Waals surface area contributed by atoms with E-state index in [4.69, 9.17) is 10.5 Å². The second-order valence-corrected chi connectivity index (χ2v) is 5.49. The molecule has 0 saturated carbocycles. The van der Waals surface area contributed by atoms with Crippen LogP contribution in [0, 0.1) is 0 Å². The molecule has 0 heterocycles. The van der Waals surface area contributed by atoms with Crippen LogP contribution in [0.4, 0.5) is 5.69 Å². The summed E-state index contributed by atoms with van der Waals surface area (Å²) in [6.45, 7) is 3.78. The number of hydrogen-bond donors (Lipinski definition) is 4. The molecule has 5 N–H and O–H groups in total. The minimum absolute atomic E-state index is 0.0502. The number of benzene rings is 1. The number of nitrogens with one attached hydrogen (secondary N) is 3. The van der Waals surface area contributed by atoms with Crippen LogP contribution in [0.15, 0.2) is 24.3 Å². The highest BCUT2D eigenvalue weighted by atomic mass is 16.5. The molecule has 134 valence electrons. The standard InChI is InChI=1S/C17H28N4O3/c1-13(3-8-16(22)20-10-12-24-11-9-18)21-17(23)14-4-6-15(19-2)7-5-14/h4-7,13,19H,3,8-12,18H2,1-2H3,(H,20,22)(H,21,23)/t13-/m1/s1. The zero-order valence-corrected chi connectivity index (χ0v) is 14.4. The van der Waals surface area contributed by atoms with Gasteiger partial charge in [-0.1, -0.05) is 0 Å². The van der Waals surface area contributed by atoms with Gasteiger partial charge < -0.3 is 26.4 Å². The summed E-state index contributed by atoms with van der Waals surface area (Å²) in [7, 11) is 1.83. The van der Waals surface area contributed by atoms with Crippen molar-refractivity contribution in [1.29, 1.82) is 0 Å². The molecule has 0 saturated heterocycles. The van der Waals surface area contributed by atoms with E-state index in [2.05, 4.69) is 16.0 Å². The Morgan fingerprint density at radius 3 is 2.54 bits per heavy atom. The van der Waals surface area contributed by atoms with Gasteiger partial charge in [0.2, 0.25) is 5.91 Å². The average molecular weight is 336 g/mol. The third kappa shape index (κ3) is 7.94. The second kappa shape index (κ2) is 11.4. The number of carbonyl (C=O) groups excluding carboxylic acids is 2. The van der Waals surface area contributed by atoms with E-state index >= 15 is 0 Å². The predicted octanol–water partition coefficient (Wildman–Crippen LogP) is 0.718. The molecule has 0 aromatic heterocycles. The monoisotopic (exact) mass is 336 g/mol. The number of anilines is 1. The summed E-state index contributed by atoms with van der Waals surface area (Å²) in [5.41, 5.74) is 6.85. The van der Waals surface area contributed by atoms with Gasteiger partial charge in [-0.2, -0.15) is 0 Å². The lowest BCUT2D eigenvalue weighted by Crippen LogP contribution is -2.34. The van der Waals surface area contributed by atoms with Gasteiger partial charge in [-0.05, 0) is 37.6 Å². The first-order chi connectivity index (χ1) is 11.6. The van der Waals surface area contributed by atoms with Crippen LogP contribution >= 0.6 is 0 Å². The van der Waals surface area contributed by atoms with Crippen molar-refractivity contribution in [3.63, 3.8) is 0 Å². The first kappa shape index (κ1) is 19.9. The molecular weight excluding hydrogens is 308 g/mol. The molecule has 0 spiro atoms. The van der Waals surface area contributed by atoms with Crippen LogP contribution in [-0.4, -0.2) is 51.2 Å². The lowest BCUT2D eigenvalue weighted by molar-refractivity contribution is -0.121. The number of hydrogen-bond acceptors (Lipinski definition) is 5. The smallest absolute Gasteiger partial charge is 0.251 e. The molecule has 2 amide bonds. The maximum absolute atomic E-state index is 12.1. The van der Waals surface area contributed by atoms with E-state index in [1.165, 1.54) is 0 Å². The van der Waals surface area contributed by atoms with Crippen LogP contribution < -0.4 is 21.7 Å². The van der Waals surface area contributed by atoms with Crippen molar-refractivity contribution in [2.75, 3.05) is 38.7 Å². The van der Waals surface area contributed by atoms with E-state index < -0.39 is 0 Å². The Labute approximate surface area is 143 Å². The predicted molar refractivity (Wildman–Crippen MR) is 95.0 cm³/mol. The van der Waals surface area contributed by atoms with E-state index in [9.17, 15) is 9.59 Å². The van der Waals surface area contributed by atoms with Crippen LogP contribution in [0.3, 0.4) is 0 Å². The molecule has 0 aliphatic carbocycles. The molecule has 0 fully saturated rings. The van der Waals surface area contributed by atoms with Gasteiger partial charge in [-0.3, -0.25) is 9.59 Å². The van der Waals surface area contributed by atoms with Crippen molar-refractivity contribution < 1.29 is 14.3 Å². The molecule has 0 bridgehead atoms. The zero-order chi connectivity index (χ0) is 17.8. The lowest BCUT2D eigenvalue weighted by atomic mass is 10.1. The van der Waals surface area contributed by atoms with E-state index in [-0.39, 0.29) is 17.9 Å². The highest BCUT2D eigenvalue weighted by Gasteiger charge is 2.11. The normalized spacial score (nSPS) is 11.6. The largest absolute Gasteiger partial charge is 0.388 e. The highest BCUT2D eigenvalue weighted by molar-refractivity contribution is 5.94. The molecule has 1 atom stereocenters. The first-order valence-electron chi connectivity index (χ1n) is 8.20. The molecule has 7 nitrogen and oxygen atoms in total. The SMILES string of the molecule is CNc1ccc(C(=O)N[C@H](C)CCC(=O)NCCOCCN)cc1. The molecule has 0 radical (unpaired) electrons. The van der Waals surface area contributed by atoms with Crippen LogP contribution in [0.25, 0.3) is 0 Å². The summed E-state index contributed by atoms with van der Waals surface area (Å²) < 4.78 is 5.18. The van der Waals surface area contributed by atoms with E-state index in [0.29, 0.717) is 44.7 Å². The summed E-state index contributed by atoms with van der Waals surface area (Å²) in [4.78, 5) is 23.8. The van der Waals surface area contributed by atoms with Crippen molar-refractivity contribution in [3.05, 3.63) is 29.8 Å². The first-order valence-corrected chi connectivity index (χ1v) is 8.20. The number of ether oxygens (including phenoxy) is 1. The molecule has 0 unspecified atom stereocenters. The van der Waals surface area contributed by atoms with Crippen molar-refractivity contribution in [3.8, 4) is 0 Å². The fraction of sp³-hybridized carbons (Fsp3) is 0.529. The maximum Gasteiger partial charge on any atom is 0.251 e. The van der Waals surface area contributed by atoms with Crippen LogP contribution in [0.2, 0.25) is 0 Å². The number of nitrogens with two attached hydrogens (primary N) is 1. The lowest BCUT2D eigenvalue weighted by Gasteiger charge is -2.14. The molecular formula is C17H28N4O3. The maximum atomic E-state index is 12.1. The van der Waals surface area contributed by atoms with Gasteiger partial charge in [0, 0.05) is 43.9 Å². The Bertz CT molecular complexity index is 505. The van der Waals surface area contributed by atoms with Crippen molar-refractivity contribution in [2.24, 2.45) is 5.73 Å². The Morgan fingerprint density at radius 2 is 1.92 bits per heavy atom. The highest BCUT2D eigenvalue weighted by Crippen LogP contribution is 2.09. The number of amides is 2. The summed E-state index contributed by atoms with van der Waals surface area (Å²) in [6.07, 6.45) is 0.937. The Hall–Kier alpha value is -2.12. The van der Waals surface area contributed by atoms with Crippen molar-refractivity contribution >= 4 is 17.5 Å². The molecule has 0 aliphatic rings. The summed E-state index contributed by atoms with van der Waals surface area (Å²) >= 11 is 0. The third-order valence-electron chi connectivity index (χ3n) is 3.45. The van der Waals surface area contributed by atoms with Crippen LogP contribution in [-0.2, 0) is 9.53 Å². The van der Waals surface area contributed by atoms with E-state index in [0.717, 1.165) is 5.69 Å².